The minimum absolute atomic E-state index is 0.112. The van der Waals surface area contributed by atoms with E-state index in [2.05, 4.69) is 5.32 Å². The van der Waals surface area contributed by atoms with Crippen molar-refractivity contribution in [2.75, 3.05) is 32.7 Å². The predicted molar refractivity (Wildman–Crippen MR) is 61.8 cm³/mol. The number of rotatable bonds is 1. The Labute approximate surface area is 101 Å². The Hall–Kier alpha value is -1.30. The lowest BCUT2D eigenvalue weighted by atomic mass is 10.2. The fourth-order valence-electron chi connectivity index (χ4n) is 2.47. The second-order valence-electron chi connectivity index (χ2n) is 4.56. The summed E-state index contributed by atoms with van der Waals surface area (Å²) in [6.07, 6.45) is 2.29. The van der Waals surface area contributed by atoms with Gasteiger partial charge in [-0.3, -0.25) is 0 Å². The van der Waals surface area contributed by atoms with Crippen molar-refractivity contribution in [1.82, 2.24) is 15.1 Å². The van der Waals surface area contributed by atoms with Crippen molar-refractivity contribution in [2.45, 2.75) is 25.3 Å². The highest BCUT2D eigenvalue weighted by Gasteiger charge is 2.36. The summed E-state index contributed by atoms with van der Waals surface area (Å²) in [6.45, 7) is 3.67. The highest BCUT2D eigenvalue weighted by molar-refractivity contribution is 5.83. The number of likely N-dealkylation sites (tertiary alicyclic amines) is 1. The first-order valence-electron chi connectivity index (χ1n) is 6.19. The van der Waals surface area contributed by atoms with Gasteiger partial charge < -0.3 is 20.2 Å². The number of nitrogens with zero attached hydrogens (tertiary/aromatic N) is 2. The number of hydrogen-bond donors (Lipinski definition) is 2. The molecule has 1 atom stereocenters. The number of aliphatic carboxylic acids is 1. The van der Waals surface area contributed by atoms with Gasteiger partial charge in [0.25, 0.3) is 0 Å². The van der Waals surface area contributed by atoms with E-state index in [0.717, 1.165) is 25.9 Å². The van der Waals surface area contributed by atoms with Crippen LogP contribution in [0.1, 0.15) is 19.3 Å². The van der Waals surface area contributed by atoms with Crippen LogP contribution in [0, 0.1) is 0 Å². The molecule has 6 nitrogen and oxygen atoms in total. The third-order valence-corrected chi connectivity index (χ3v) is 3.39. The number of carboxylic acids is 1. The molecule has 0 saturated carbocycles. The molecule has 2 rings (SSSR count). The van der Waals surface area contributed by atoms with Gasteiger partial charge in [0.1, 0.15) is 6.04 Å². The zero-order chi connectivity index (χ0) is 12.3. The Morgan fingerprint density at radius 3 is 2.71 bits per heavy atom. The normalized spacial score (nSPS) is 25.8. The molecule has 2 N–H and O–H groups in total. The Bertz CT molecular complexity index is 300. The number of amides is 2. The van der Waals surface area contributed by atoms with Gasteiger partial charge in [-0.2, -0.15) is 0 Å². The fraction of sp³-hybridized carbons (Fsp3) is 0.818. The first-order chi connectivity index (χ1) is 8.20. The van der Waals surface area contributed by atoms with Gasteiger partial charge in [0.15, 0.2) is 0 Å². The summed E-state index contributed by atoms with van der Waals surface area (Å²) >= 11 is 0. The van der Waals surface area contributed by atoms with Crippen molar-refractivity contribution < 1.29 is 14.7 Å². The average Bonchev–Trinajstić information content (AvgIpc) is 2.64. The van der Waals surface area contributed by atoms with Crippen LogP contribution in [0.25, 0.3) is 0 Å². The second-order valence-corrected chi connectivity index (χ2v) is 4.56. The van der Waals surface area contributed by atoms with E-state index in [0.29, 0.717) is 26.1 Å². The molecule has 2 heterocycles. The molecule has 0 radical (unpaired) electrons. The van der Waals surface area contributed by atoms with Crippen LogP contribution in [0.4, 0.5) is 4.79 Å². The third-order valence-electron chi connectivity index (χ3n) is 3.39. The van der Waals surface area contributed by atoms with Gasteiger partial charge >= 0.3 is 12.0 Å². The minimum Gasteiger partial charge on any atom is -0.480 e. The molecule has 17 heavy (non-hydrogen) atoms. The van der Waals surface area contributed by atoms with Crippen molar-refractivity contribution in [3.05, 3.63) is 0 Å². The summed E-state index contributed by atoms with van der Waals surface area (Å²) in [4.78, 5) is 26.5. The maximum absolute atomic E-state index is 12.2. The van der Waals surface area contributed by atoms with E-state index in [9.17, 15) is 9.59 Å². The van der Waals surface area contributed by atoms with Crippen LogP contribution in [0.15, 0.2) is 0 Å². The maximum atomic E-state index is 12.2. The SMILES string of the molecule is O=C(O)[C@H]1CCCN1C(=O)N1CCCNCC1. The van der Waals surface area contributed by atoms with Gasteiger partial charge in [0.2, 0.25) is 0 Å². The second kappa shape index (κ2) is 5.35. The summed E-state index contributed by atoms with van der Waals surface area (Å²) < 4.78 is 0. The lowest BCUT2D eigenvalue weighted by molar-refractivity contribution is -0.141. The molecule has 6 heteroatoms. The highest BCUT2D eigenvalue weighted by atomic mass is 16.4. The van der Waals surface area contributed by atoms with E-state index < -0.39 is 12.0 Å². The number of carboxylic acid groups (broad SMARTS) is 1. The van der Waals surface area contributed by atoms with Gasteiger partial charge in [-0.1, -0.05) is 0 Å². The molecule has 0 aliphatic carbocycles. The molecular formula is C11H19N3O3. The van der Waals surface area contributed by atoms with E-state index in [4.69, 9.17) is 5.11 Å². The molecule has 0 bridgehead atoms. The van der Waals surface area contributed by atoms with Gasteiger partial charge in [0, 0.05) is 26.2 Å². The van der Waals surface area contributed by atoms with Crippen LogP contribution < -0.4 is 5.32 Å². The fourth-order valence-corrected chi connectivity index (χ4v) is 2.47. The summed E-state index contributed by atoms with van der Waals surface area (Å²) in [5, 5.41) is 12.3. The summed E-state index contributed by atoms with van der Waals surface area (Å²) in [7, 11) is 0. The van der Waals surface area contributed by atoms with Crippen LogP contribution >= 0.6 is 0 Å². The molecule has 0 aromatic carbocycles. The van der Waals surface area contributed by atoms with E-state index in [1.54, 1.807) is 4.90 Å². The molecular weight excluding hydrogens is 222 g/mol. The van der Waals surface area contributed by atoms with Crippen molar-refractivity contribution in [3.8, 4) is 0 Å². The maximum Gasteiger partial charge on any atom is 0.326 e. The number of hydrogen-bond acceptors (Lipinski definition) is 3. The van der Waals surface area contributed by atoms with Crippen LogP contribution in [-0.4, -0.2) is 65.7 Å². The predicted octanol–water partition coefficient (Wildman–Crippen LogP) is -0.0493. The standard InChI is InChI=1S/C11H19N3O3/c15-10(16)9-3-1-7-14(9)11(17)13-6-2-4-12-5-8-13/h9,12H,1-8H2,(H,15,16)/t9-/m1/s1. The van der Waals surface area contributed by atoms with Crippen LogP contribution in [0.2, 0.25) is 0 Å². The zero-order valence-electron chi connectivity index (χ0n) is 9.89. The Morgan fingerprint density at radius 2 is 1.94 bits per heavy atom. The van der Waals surface area contributed by atoms with E-state index in [-0.39, 0.29) is 6.03 Å². The molecule has 2 aliphatic heterocycles. The lowest BCUT2D eigenvalue weighted by Crippen LogP contribution is -2.48. The number of carbonyl (C=O) groups excluding carboxylic acids is 1. The van der Waals surface area contributed by atoms with Gasteiger partial charge in [0.05, 0.1) is 0 Å². The average molecular weight is 241 g/mol. The topological polar surface area (TPSA) is 72.9 Å². The number of urea groups is 1. The van der Waals surface area contributed by atoms with E-state index >= 15 is 0 Å². The Balaban J connectivity index is 2.00. The van der Waals surface area contributed by atoms with Crippen LogP contribution in [0.5, 0.6) is 0 Å². The molecule has 0 spiro atoms. The lowest BCUT2D eigenvalue weighted by Gasteiger charge is -2.29. The van der Waals surface area contributed by atoms with Crippen molar-refractivity contribution in [1.29, 1.82) is 0 Å². The molecule has 96 valence electrons. The Morgan fingerprint density at radius 1 is 1.12 bits per heavy atom. The smallest absolute Gasteiger partial charge is 0.326 e. The molecule has 2 amide bonds. The van der Waals surface area contributed by atoms with Gasteiger partial charge in [-0.15, -0.1) is 0 Å². The van der Waals surface area contributed by atoms with Gasteiger partial charge in [-0.25, -0.2) is 9.59 Å². The van der Waals surface area contributed by atoms with E-state index in [1.165, 1.54) is 4.90 Å². The van der Waals surface area contributed by atoms with Crippen molar-refractivity contribution in [2.24, 2.45) is 0 Å². The molecule has 2 aliphatic rings. The zero-order valence-corrected chi connectivity index (χ0v) is 9.89. The molecule has 0 aromatic heterocycles. The van der Waals surface area contributed by atoms with Crippen LogP contribution in [0.3, 0.4) is 0 Å². The summed E-state index contributed by atoms with van der Waals surface area (Å²) in [5.74, 6) is -0.885. The molecule has 2 saturated heterocycles. The number of carbonyl (C=O) groups is 2. The first-order valence-corrected chi connectivity index (χ1v) is 6.19. The van der Waals surface area contributed by atoms with Crippen molar-refractivity contribution in [3.63, 3.8) is 0 Å². The van der Waals surface area contributed by atoms with Gasteiger partial charge in [-0.05, 0) is 25.8 Å². The first kappa shape index (κ1) is 12.2. The Kier molecular flexibility index (Phi) is 3.83. The highest BCUT2D eigenvalue weighted by Crippen LogP contribution is 2.19. The number of nitrogens with one attached hydrogen (secondary N) is 1. The molecule has 0 aromatic rings. The quantitative estimate of drug-likeness (QED) is 0.675. The summed E-state index contributed by atoms with van der Waals surface area (Å²) in [6, 6.07) is -0.739. The molecule has 2 fully saturated rings. The largest absolute Gasteiger partial charge is 0.480 e. The van der Waals surface area contributed by atoms with Crippen LogP contribution in [-0.2, 0) is 4.79 Å². The third kappa shape index (κ3) is 2.69. The minimum atomic E-state index is -0.885. The van der Waals surface area contributed by atoms with Crippen molar-refractivity contribution >= 4 is 12.0 Å². The molecule has 0 unspecified atom stereocenters. The summed E-state index contributed by atoms with van der Waals surface area (Å²) in [5.41, 5.74) is 0. The van der Waals surface area contributed by atoms with E-state index in [1.807, 2.05) is 0 Å². The monoisotopic (exact) mass is 241 g/mol.